The van der Waals surface area contributed by atoms with E-state index in [0.717, 1.165) is 25.7 Å². The minimum absolute atomic E-state index is 0.0407. The summed E-state index contributed by atoms with van der Waals surface area (Å²) >= 11 is 5.82. The van der Waals surface area contributed by atoms with Crippen LogP contribution in [0.5, 0.6) is 0 Å². The number of hydrogen-bond donors (Lipinski definition) is 2. The van der Waals surface area contributed by atoms with Crippen LogP contribution < -0.4 is 5.73 Å². The predicted octanol–water partition coefficient (Wildman–Crippen LogP) is 2.89. The third kappa shape index (κ3) is 2.07. The molecule has 0 spiro atoms. The van der Waals surface area contributed by atoms with Crippen LogP contribution in [0.2, 0.25) is 5.02 Å². The molecule has 0 amide bonds. The molecule has 19 heavy (non-hydrogen) atoms. The first-order valence-corrected chi connectivity index (χ1v) is 6.76. The van der Waals surface area contributed by atoms with E-state index in [1.165, 1.54) is 12.1 Å². The van der Waals surface area contributed by atoms with E-state index in [4.69, 9.17) is 17.3 Å². The van der Waals surface area contributed by atoms with Crippen LogP contribution in [-0.2, 0) is 0 Å². The van der Waals surface area contributed by atoms with Crippen molar-refractivity contribution < 1.29 is 9.50 Å². The maximum atomic E-state index is 13.4. The van der Waals surface area contributed by atoms with Gasteiger partial charge in [-0.05, 0) is 18.9 Å². The average molecular weight is 284 g/mol. The fourth-order valence-corrected chi connectivity index (χ4v) is 3.01. The van der Waals surface area contributed by atoms with E-state index in [1.54, 1.807) is 4.57 Å². The van der Waals surface area contributed by atoms with Gasteiger partial charge in [0.2, 0.25) is 5.95 Å². The molecular formula is C13H15ClFN3O. The van der Waals surface area contributed by atoms with Crippen LogP contribution in [0.3, 0.4) is 0 Å². The lowest BCUT2D eigenvalue weighted by atomic mass is 9.92. The Labute approximate surface area is 115 Å². The number of aromatic nitrogens is 2. The molecule has 2 aromatic rings. The zero-order valence-electron chi connectivity index (χ0n) is 10.3. The van der Waals surface area contributed by atoms with E-state index in [0.29, 0.717) is 17.0 Å². The van der Waals surface area contributed by atoms with Crippen LogP contribution in [-0.4, -0.2) is 20.8 Å². The minimum atomic E-state index is -0.511. The van der Waals surface area contributed by atoms with Gasteiger partial charge in [0, 0.05) is 6.07 Å². The molecule has 6 heteroatoms. The van der Waals surface area contributed by atoms with Gasteiger partial charge in [0.05, 0.1) is 28.2 Å². The standard InChI is InChI=1S/C13H15ClFN3O/c14-7-5-11-9(6-8(7)15)17-13(16)18(11)10-3-1-2-4-12(10)19/h5-6,10,12,19H,1-4H2,(H2,16,17). The molecule has 0 bridgehead atoms. The summed E-state index contributed by atoms with van der Waals surface area (Å²) in [7, 11) is 0. The number of anilines is 1. The number of aliphatic hydroxyl groups excluding tert-OH is 1. The van der Waals surface area contributed by atoms with Gasteiger partial charge in [0.25, 0.3) is 0 Å². The van der Waals surface area contributed by atoms with Crippen LogP contribution in [0.25, 0.3) is 11.0 Å². The fourth-order valence-electron chi connectivity index (χ4n) is 2.85. The maximum absolute atomic E-state index is 13.4. The molecule has 4 nitrogen and oxygen atoms in total. The summed E-state index contributed by atoms with van der Waals surface area (Å²) in [6.45, 7) is 0. The van der Waals surface area contributed by atoms with E-state index in [2.05, 4.69) is 4.98 Å². The van der Waals surface area contributed by atoms with Gasteiger partial charge in [-0.1, -0.05) is 24.4 Å². The minimum Gasteiger partial charge on any atom is -0.391 e. The van der Waals surface area contributed by atoms with Crippen LogP contribution in [0.15, 0.2) is 12.1 Å². The summed E-state index contributed by atoms with van der Waals surface area (Å²) in [6.07, 6.45) is 3.19. The zero-order chi connectivity index (χ0) is 13.6. The SMILES string of the molecule is Nc1nc2cc(F)c(Cl)cc2n1C1CCCCC1O. The van der Waals surface area contributed by atoms with Gasteiger partial charge in [-0.2, -0.15) is 0 Å². The Morgan fingerprint density at radius 3 is 2.84 bits per heavy atom. The summed E-state index contributed by atoms with van der Waals surface area (Å²) < 4.78 is 15.2. The van der Waals surface area contributed by atoms with Crippen molar-refractivity contribution in [1.82, 2.24) is 9.55 Å². The molecule has 1 aliphatic carbocycles. The largest absolute Gasteiger partial charge is 0.391 e. The first-order chi connectivity index (χ1) is 9.08. The lowest BCUT2D eigenvalue weighted by Crippen LogP contribution is -2.28. The molecule has 2 unspecified atom stereocenters. The normalized spacial score (nSPS) is 23.9. The first kappa shape index (κ1) is 12.7. The monoisotopic (exact) mass is 283 g/mol. The maximum Gasteiger partial charge on any atom is 0.201 e. The van der Waals surface area contributed by atoms with E-state index < -0.39 is 11.9 Å². The Morgan fingerprint density at radius 2 is 2.11 bits per heavy atom. The van der Waals surface area contributed by atoms with Crippen molar-refractivity contribution in [1.29, 1.82) is 0 Å². The summed E-state index contributed by atoms with van der Waals surface area (Å²) in [5, 5.41) is 10.2. The van der Waals surface area contributed by atoms with Gasteiger partial charge in [-0.25, -0.2) is 9.37 Å². The van der Waals surface area contributed by atoms with Crippen LogP contribution in [0.4, 0.5) is 10.3 Å². The lowest BCUT2D eigenvalue weighted by Gasteiger charge is -2.29. The van der Waals surface area contributed by atoms with Crippen LogP contribution >= 0.6 is 11.6 Å². The summed E-state index contributed by atoms with van der Waals surface area (Å²) in [5.41, 5.74) is 7.07. The number of fused-ring (bicyclic) bond motifs is 1. The number of rotatable bonds is 1. The molecule has 3 N–H and O–H groups in total. The fraction of sp³-hybridized carbons (Fsp3) is 0.462. The second-order valence-electron chi connectivity index (χ2n) is 5.01. The molecule has 1 aromatic carbocycles. The van der Waals surface area contributed by atoms with Crippen molar-refractivity contribution >= 4 is 28.6 Å². The lowest BCUT2D eigenvalue weighted by molar-refractivity contribution is 0.0783. The molecule has 1 aromatic heterocycles. The molecule has 1 heterocycles. The Balaban J connectivity index is 2.16. The van der Waals surface area contributed by atoms with Crippen molar-refractivity contribution in [2.24, 2.45) is 0 Å². The second kappa shape index (κ2) is 4.65. The Morgan fingerprint density at radius 1 is 1.37 bits per heavy atom. The molecule has 0 saturated heterocycles. The topological polar surface area (TPSA) is 64.1 Å². The number of imidazole rings is 1. The van der Waals surface area contributed by atoms with Gasteiger partial charge in [-0.15, -0.1) is 0 Å². The Hall–Kier alpha value is -1.33. The zero-order valence-corrected chi connectivity index (χ0v) is 11.1. The van der Waals surface area contributed by atoms with E-state index in [-0.39, 0.29) is 11.1 Å². The van der Waals surface area contributed by atoms with Gasteiger partial charge in [0.1, 0.15) is 5.82 Å². The van der Waals surface area contributed by atoms with E-state index >= 15 is 0 Å². The summed E-state index contributed by atoms with van der Waals surface area (Å²) in [6, 6.07) is 2.69. The van der Waals surface area contributed by atoms with Crippen LogP contribution in [0, 0.1) is 5.82 Å². The van der Waals surface area contributed by atoms with Gasteiger partial charge < -0.3 is 15.4 Å². The Bertz CT molecular complexity index is 628. The Kier molecular flexibility index (Phi) is 3.11. The number of aliphatic hydroxyl groups is 1. The predicted molar refractivity (Wildman–Crippen MR) is 72.6 cm³/mol. The molecular weight excluding hydrogens is 269 g/mol. The molecule has 3 rings (SSSR count). The number of nitrogen functional groups attached to an aromatic ring is 1. The smallest absolute Gasteiger partial charge is 0.201 e. The molecule has 2 atom stereocenters. The first-order valence-electron chi connectivity index (χ1n) is 6.38. The number of nitrogens with zero attached hydrogens (tertiary/aromatic N) is 2. The summed E-state index contributed by atoms with van der Waals surface area (Å²) in [4.78, 5) is 4.16. The molecule has 1 aliphatic rings. The molecule has 0 radical (unpaired) electrons. The van der Waals surface area contributed by atoms with Gasteiger partial charge in [-0.3, -0.25) is 0 Å². The third-order valence-corrected chi connectivity index (χ3v) is 4.07. The van der Waals surface area contributed by atoms with Crippen molar-refractivity contribution in [3.05, 3.63) is 23.0 Å². The van der Waals surface area contributed by atoms with E-state index in [1.807, 2.05) is 0 Å². The molecule has 1 fully saturated rings. The van der Waals surface area contributed by atoms with Gasteiger partial charge in [0.15, 0.2) is 0 Å². The highest BCUT2D eigenvalue weighted by atomic mass is 35.5. The number of nitrogens with two attached hydrogens (primary N) is 1. The quantitative estimate of drug-likeness (QED) is 0.846. The summed E-state index contributed by atoms with van der Waals surface area (Å²) in [5.74, 6) is -0.217. The molecule has 0 aliphatic heterocycles. The number of benzene rings is 1. The van der Waals surface area contributed by atoms with Crippen LogP contribution in [0.1, 0.15) is 31.7 Å². The van der Waals surface area contributed by atoms with Crippen molar-refractivity contribution in [2.45, 2.75) is 37.8 Å². The highest BCUT2D eigenvalue weighted by Crippen LogP contribution is 2.35. The average Bonchev–Trinajstić information content (AvgIpc) is 2.66. The van der Waals surface area contributed by atoms with Crippen molar-refractivity contribution in [3.63, 3.8) is 0 Å². The van der Waals surface area contributed by atoms with Crippen molar-refractivity contribution in [2.75, 3.05) is 5.73 Å². The highest BCUT2D eigenvalue weighted by Gasteiger charge is 2.28. The number of halogens is 2. The molecule has 1 saturated carbocycles. The van der Waals surface area contributed by atoms with Crippen molar-refractivity contribution in [3.8, 4) is 0 Å². The van der Waals surface area contributed by atoms with E-state index in [9.17, 15) is 9.50 Å². The highest BCUT2D eigenvalue weighted by molar-refractivity contribution is 6.31. The van der Waals surface area contributed by atoms with Gasteiger partial charge >= 0.3 is 0 Å². The third-order valence-electron chi connectivity index (χ3n) is 3.78. The molecule has 102 valence electrons. The number of hydrogen-bond acceptors (Lipinski definition) is 3. The second-order valence-corrected chi connectivity index (χ2v) is 5.42.